The molecule has 1 fully saturated rings. The number of aromatic nitrogens is 2. The topological polar surface area (TPSA) is 148 Å². The predicted molar refractivity (Wildman–Crippen MR) is 113 cm³/mol. The number of carbonyl (C=O) groups excluding carboxylic acids is 2. The molecule has 0 unspecified atom stereocenters. The van der Waals surface area contributed by atoms with E-state index >= 15 is 0 Å². The largest absolute Gasteiger partial charge is 0.482 e. The van der Waals surface area contributed by atoms with E-state index in [0.29, 0.717) is 22.9 Å². The first-order chi connectivity index (χ1) is 14.4. The molecule has 6 N–H and O–H groups in total. The van der Waals surface area contributed by atoms with Crippen LogP contribution in [0.5, 0.6) is 5.75 Å². The Hall–Kier alpha value is -3.40. The van der Waals surface area contributed by atoms with E-state index in [-0.39, 0.29) is 36.1 Å². The van der Waals surface area contributed by atoms with Gasteiger partial charge in [0, 0.05) is 24.8 Å². The number of hydrogen-bond donors (Lipinski definition) is 4. The minimum atomic E-state index is -0.695. The molecule has 2 aliphatic rings. The minimum Gasteiger partial charge on any atom is -0.482 e. The molecule has 1 aliphatic carbocycles. The fraction of sp³-hybridized carbons (Fsp3) is 0.400. The van der Waals surface area contributed by atoms with Crippen molar-refractivity contribution in [3.05, 3.63) is 30.1 Å². The van der Waals surface area contributed by atoms with Crippen molar-refractivity contribution in [3.8, 4) is 5.75 Å². The Bertz CT molecular complexity index is 981. The fourth-order valence-corrected chi connectivity index (χ4v) is 3.74. The van der Waals surface area contributed by atoms with Crippen LogP contribution < -0.4 is 31.7 Å². The van der Waals surface area contributed by atoms with Crippen LogP contribution in [0.4, 0.5) is 23.0 Å². The van der Waals surface area contributed by atoms with Gasteiger partial charge in [-0.1, -0.05) is 12.8 Å². The fourth-order valence-electron chi connectivity index (χ4n) is 3.74. The van der Waals surface area contributed by atoms with Crippen molar-refractivity contribution in [1.82, 2.24) is 9.97 Å². The lowest BCUT2D eigenvalue weighted by Crippen LogP contribution is -2.42. The molecule has 0 saturated heterocycles. The van der Waals surface area contributed by atoms with Gasteiger partial charge in [0.05, 0.1) is 11.9 Å². The summed E-state index contributed by atoms with van der Waals surface area (Å²) >= 11 is 0. The number of nitrogens with two attached hydrogens (primary N) is 2. The molecular weight excluding hydrogens is 386 g/mol. The number of rotatable bonds is 5. The summed E-state index contributed by atoms with van der Waals surface area (Å²) in [5, 5.41) is 6.41. The second kappa shape index (κ2) is 8.15. The average Bonchev–Trinajstić information content (AvgIpc) is 2.73. The van der Waals surface area contributed by atoms with Gasteiger partial charge in [0.25, 0.3) is 11.8 Å². The number of amides is 2. The Kier molecular flexibility index (Phi) is 5.40. The number of fused-ring (bicyclic) bond motifs is 1. The van der Waals surface area contributed by atoms with E-state index in [4.69, 9.17) is 16.2 Å². The lowest BCUT2D eigenvalue weighted by Gasteiger charge is -2.29. The maximum atomic E-state index is 11.9. The average molecular weight is 411 g/mol. The summed E-state index contributed by atoms with van der Waals surface area (Å²) < 4.78 is 5.44. The molecular formula is C20H25N7O3. The molecule has 10 heteroatoms. The molecule has 30 heavy (non-hydrogen) atoms. The molecule has 0 spiro atoms. The van der Waals surface area contributed by atoms with Crippen molar-refractivity contribution in [2.24, 2.45) is 11.5 Å². The van der Waals surface area contributed by atoms with Gasteiger partial charge in [-0.25, -0.2) is 9.97 Å². The van der Waals surface area contributed by atoms with Crippen LogP contribution in [0.25, 0.3) is 0 Å². The highest BCUT2D eigenvalue weighted by atomic mass is 16.5. The highest BCUT2D eigenvalue weighted by Crippen LogP contribution is 2.34. The van der Waals surface area contributed by atoms with E-state index in [9.17, 15) is 9.59 Å². The Morgan fingerprint density at radius 2 is 2.10 bits per heavy atom. The van der Waals surface area contributed by atoms with Gasteiger partial charge in [0.15, 0.2) is 18.1 Å². The molecule has 1 aromatic heterocycles. The first-order valence-electron chi connectivity index (χ1n) is 9.92. The summed E-state index contributed by atoms with van der Waals surface area (Å²) in [5.74, 6) is 0.498. The third-order valence-electron chi connectivity index (χ3n) is 5.47. The SMILES string of the molecule is CN1C(=O)COc2ccc(Nc3nc(N[C@@H]4CCCC[C@@H]4N)cnc3C(N)=O)cc21. The third-order valence-corrected chi connectivity index (χ3v) is 5.47. The number of likely N-dealkylation sites (N-methyl/N-ethyl adjacent to an activating group) is 1. The van der Waals surface area contributed by atoms with Gasteiger partial charge >= 0.3 is 0 Å². The number of hydrogen-bond acceptors (Lipinski definition) is 8. The van der Waals surface area contributed by atoms with Crippen molar-refractivity contribution >= 4 is 34.8 Å². The maximum absolute atomic E-state index is 11.9. The molecule has 1 aromatic carbocycles. The first-order valence-corrected chi connectivity index (χ1v) is 9.92. The second-order valence-electron chi connectivity index (χ2n) is 7.56. The molecule has 1 aliphatic heterocycles. The van der Waals surface area contributed by atoms with Gasteiger partial charge < -0.3 is 31.7 Å². The van der Waals surface area contributed by atoms with Crippen molar-refractivity contribution in [1.29, 1.82) is 0 Å². The highest BCUT2D eigenvalue weighted by molar-refractivity contribution is 5.99. The van der Waals surface area contributed by atoms with E-state index in [2.05, 4.69) is 20.6 Å². The van der Waals surface area contributed by atoms with Crippen LogP contribution in [-0.4, -0.2) is 47.5 Å². The van der Waals surface area contributed by atoms with Crippen LogP contribution in [0.2, 0.25) is 0 Å². The standard InChI is InChI=1S/C20H25N7O3/c1-27-14-8-11(6-7-15(14)30-10-17(27)28)24-20-18(19(22)29)23-9-16(26-20)25-13-5-3-2-4-12(13)21/h6-9,12-13H,2-5,10,21H2,1H3,(H2,22,29)(H2,24,25,26)/t12-,13+/m0/s1. The van der Waals surface area contributed by atoms with E-state index in [0.717, 1.165) is 25.7 Å². The van der Waals surface area contributed by atoms with E-state index < -0.39 is 5.91 Å². The van der Waals surface area contributed by atoms with Crippen LogP contribution >= 0.6 is 0 Å². The summed E-state index contributed by atoms with van der Waals surface area (Å²) in [4.78, 5) is 34.0. The number of primary amides is 1. The molecule has 1 saturated carbocycles. The number of carbonyl (C=O) groups is 2. The number of nitrogens with one attached hydrogen (secondary N) is 2. The normalized spacial score (nSPS) is 20.9. The molecule has 2 heterocycles. The monoisotopic (exact) mass is 411 g/mol. The molecule has 10 nitrogen and oxygen atoms in total. The van der Waals surface area contributed by atoms with Gasteiger partial charge in [-0.3, -0.25) is 9.59 Å². The quantitative estimate of drug-likeness (QED) is 0.576. The maximum Gasteiger partial charge on any atom is 0.271 e. The van der Waals surface area contributed by atoms with Crippen molar-refractivity contribution in [3.63, 3.8) is 0 Å². The number of ether oxygens (including phenoxy) is 1. The lowest BCUT2D eigenvalue weighted by molar-refractivity contribution is -0.120. The molecule has 0 bridgehead atoms. The Morgan fingerprint density at radius 3 is 2.87 bits per heavy atom. The molecule has 4 rings (SSSR count). The summed E-state index contributed by atoms with van der Waals surface area (Å²) in [7, 11) is 1.68. The van der Waals surface area contributed by atoms with Crippen LogP contribution in [-0.2, 0) is 4.79 Å². The molecule has 2 amide bonds. The highest BCUT2D eigenvalue weighted by Gasteiger charge is 2.24. The Labute approximate surface area is 174 Å². The van der Waals surface area contributed by atoms with Gasteiger partial charge in [0.2, 0.25) is 0 Å². The summed E-state index contributed by atoms with van der Waals surface area (Å²) in [6.45, 7) is 0.00456. The van der Waals surface area contributed by atoms with Crippen molar-refractivity contribution in [2.45, 2.75) is 37.8 Å². The number of nitrogens with zero attached hydrogens (tertiary/aromatic N) is 3. The van der Waals surface area contributed by atoms with E-state index in [1.165, 1.54) is 11.1 Å². The van der Waals surface area contributed by atoms with Crippen LogP contribution in [0, 0.1) is 0 Å². The second-order valence-corrected chi connectivity index (χ2v) is 7.56. The van der Waals surface area contributed by atoms with Gasteiger partial charge in [-0.05, 0) is 31.0 Å². The van der Waals surface area contributed by atoms with Gasteiger partial charge in [-0.2, -0.15) is 0 Å². The minimum absolute atomic E-state index is 0.00456. The molecule has 2 aromatic rings. The summed E-state index contributed by atoms with van der Waals surface area (Å²) in [6, 6.07) is 5.41. The smallest absolute Gasteiger partial charge is 0.271 e. The van der Waals surface area contributed by atoms with Gasteiger partial charge in [0.1, 0.15) is 11.6 Å². The molecule has 2 atom stereocenters. The van der Waals surface area contributed by atoms with Gasteiger partial charge in [-0.15, -0.1) is 0 Å². The van der Waals surface area contributed by atoms with Crippen LogP contribution in [0.15, 0.2) is 24.4 Å². The summed E-state index contributed by atoms with van der Waals surface area (Å²) in [6.07, 6.45) is 5.62. The summed E-state index contributed by atoms with van der Waals surface area (Å²) in [5.41, 5.74) is 12.9. The number of anilines is 4. The zero-order valence-electron chi connectivity index (χ0n) is 16.7. The molecule has 0 radical (unpaired) electrons. The van der Waals surface area contributed by atoms with Crippen LogP contribution in [0.1, 0.15) is 36.2 Å². The van der Waals surface area contributed by atoms with E-state index in [1.54, 1.807) is 25.2 Å². The lowest BCUT2D eigenvalue weighted by atomic mass is 9.91. The van der Waals surface area contributed by atoms with E-state index in [1.807, 2.05) is 0 Å². The van der Waals surface area contributed by atoms with Crippen molar-refractivity contribution in [2.75, 3.05) is 29.2 Å². The number of benzene rings is 1. The third kappa shape index (κ3) is 3.99. The Morgan fingerprint density at radius 1 is 1.30 bits per heavy atom. The van der Waals surface area contributed by atoms with Crippen molar-refractivity contribution < 1.29 is 14.3 Å². The van der Waals surface area contributed by atoms with Crippen LogP contribution in [0.3, 0.4) is 0 Å². The zero-order valence-corrected chi connectivity index (χ0v) is 16.7. The Balaban J connectivity index is 1.61. The first kappa shape index (κ1) is 19.9. The zero-order chi connectivity index (χ0) is 21.3. The predicted octanol–water partition coefficient (Wildman–Crippen LogP) is 1.36. The molecule has 158 valence electrons.